The van der Waals surface area contributed by atoms with Crippen LogP contribution in [0.25, 0.3) is 17.1 Å². The van der Waals surface area contributed by atoms with Crippen molar-refractivity contribution in [2.45, 2.75) is 6.92 Å². The van der Waals surface area contributed by atoms with E-state index in [0.717, 1.165) is 16.8 Å². The molecule has 21 heavy (non-hydrogen) atoms. The fraction of sp³-hybridized carbons (Fsp3) is 0.0625. The van der Waals surface area contributed by atoms with Crippen LogP contribution < -0.4 is 0 Å². The van der Waals surface area contributed by atoms with Crippen molar-refractivity contribution in [1.29, 1.82) is 0 Å². The van der Waals surface area contributed by atoms with Crippen LogP contribution in [0, 0.1) is 6.92 Å². The van der Waals surface area contributed by atoms with Gasteiger partial charge < -0.3 is 5.11 Å². The van der Waals surface area contributed by atoms with Gasteiger partial charge in [-0.2, -0.15) is 0 Å². The maximum atomic E-state index is 11.2. The van der Waals surface area contributed by atoms with Crippen LogP contribution in [0.4, 0.5) is 0 Å². The summed E-state index contributed by atoms with van der Waals surface area (Å²) in [5.74, 6) is -0.837. The molecule has 0 saturated carbocycles. The van der Waals surface area contributed by atoms with Crippen LogP contribution in [0.5, 0.6) is 0 Å². The predicted octanol–water partition coefficient (Wildman–Crippen LogP) is 2.94. The van der Waals surface area contributed by atoms with Crippen molar-refractivity contribution < 1.29 is 9.90 Å². The standard InChI is InChI=1S/C16H13N3O2/c1-11-6-5-7-12(10-11)15-17-14(16(20)21)18-19(15)13-8-3-2-4-9-13/h2-10H,1H3,(H,20,21). The van der Waals surface area contributed by atoms with Crippen LogP contribution in [0.15, 0.2) is 54.6 Å². The Hall–Kier alpha value is -2.95. The van der Waals surface area contributed by atoms with Crippen molar-refractivity contribution >= 4 is 5.97 Å². The molecule has 1 aromatic heterocycles. The molecule has 0 saturated heterocycles. The highest BCUT2D eigenvalue weighted by Gasteiger charge is 2.17. The van der Waals surface area contributed by atoms with Crippen molar-refractivity contribution in [3.63, 3.8) is 0 Å². The molecule has 1 heterocycles. The van der Waals surface area contributed by atoms with E-state index < -0.39 is 5.97 Å². The number of hydrogen-bond donors (Lipinski definition) is 1. The average Bonchev–Trinajstić information content (AvgIpc) is 2.93. The molecule has 0 spiro atoms. The molecular formula is C16H13N3O2. The third-order valence-corrected chi connectivity index (χ3v) is 3.08. The molecule has 0 aliphatic rings. The molecule has 2 aromatic carbocycles. The maximum absolute atomic E-state index is 11.2. The minimum atomic E-state index is -1.14. The highest BCUT2D eigenvalue weighted by atomic mass is 16.4. The number of nitrogens with zero attached hydrogens (tertiary/aromatic N) is 3. The number of aryl methyl sites for hydroxylation is 1. The Bertz CT molecular complexity index is 794. The number of para-hydroxylation sites is 1. The Morgan fingerprint density at radius 3 is 2.52 bits per heavy atom. The van der Waals surface area contributed by atoms with Gasteiger partial charge in [-0.1, -0.05) is 42.0 Å². The van der Waals surface area contributed by atoms with E-state index in [1.165, 1.54) is 0 Å². The fourth-order valence-corrected chi connectivity index (χ4v) is 2.12. The molecule has 0 unspecified atom stereocenters. The minimum Gasteiger partial charge on any atom is -0.475 e. The Labute approximate surface area is 121 Å². The lowest BCUT2D eigenvalue weighted by molar-refractivity contribution is 0.0683. The van der Waals surface area contributed by atoms with Gasteiger partial charge in [0, 0.05) is 5.56 Å². The normalized spacial score (nSPS) is 10.5. The van der Waals surface area contributed by atoms with E-state index in [9.17, 15) is 4.79 Å². The lowest BCUT2D eigenvalue weighted by atomic mass is 10.1. The first-order valence-corrected chi connectivity index (χ1v) is 6.48. The second-order valence-electron chi connectivity index (χ2n) is 4.68. The van der Waals surface area contributed by atoms with E-state index in [0.29, 0.717) is 5.82 Å². The summed E-state index contributed by atoms with van der Waals surface area (Å²) in [6, 6.07) is 17.1. The highest BCUT2D eigenvalue weighted by Crippen LogP contribution is 2.22. The predicted molar refractivity (Wildman–Crippen MR) is 78.5 cm³/mol. The zero-order chi connectivity index (χ0) is 14.8. The van der Waals surface area contributed by atoms with E-state index in [1.54, 1.807) is 4.68 Å². The highest BCUT2D eigenvalue weighted by molar-refractivity contribution is 5.84. The minimum absolute atomic E-state index is 0.213. The summed E-state index contributed by atoms with van der Waals surface area (Å²) in [6.45, 7) is 1.98. The number of aromatic carboxylic acids is 1. The Kier molecular flexibility index (Phi) is 3.23. The summed E-state index contributed by atoms with van der Waals surface area (Å²) in [6.07, 6.45) is 0. The first-order chi connectivity index (χ1) is 10.1. The SMILES string of the molecule is Cc1cccc(-c2nc(C(=O)O)nn2-c2ccccc2)c1. The molecule has 0 fully saturated rings. The molecule has 104 valence electrons. The van der Waals surface area contributed by atoms with E-state index in [4.69, 9.17) is 5.11 Å². The van der Waals surface area contributed by atoms with Gasteiger partial charge in [-0.25, -0.2) is 14.5 Å². The molecule has 0 bridgehead atoms. The molecule has 0 amide bonds. The smallest absolute Gasteiger partial charge is 0.375 e. The first kappa shape index (κ1) is 13.1. The number of aromatic nitrogens is 3. The Morgan fingerprint density at radius 1 is 1.10 bits per heavy atom. The first-order valence-electron chi connectivity index (χ1n) is 6.48. The number of hydrogen-bond acceptors (Lipinski definition) is 3. The topological polar surface area (TPSA) is 68.0 Å². The zero-order valence-electron chi connectivity index (χ0n) is 11.4. The van der Waals surface area contributed by atoms with Gasteiger partial charge in [0.05, 0.1) is 5.69 Å². The van der Waals surface area contributed by atoms with Crippen molar-refractivity contribution in [3.8, 4) is 17.1 Å². The third-order valence-electron chi connectivity index (χ3n) is 3.08. The van der Waals surface area contributed by atoms with Gasteiger partial charge in [-0.15, -0.1) is 5.10 Å². The molecule has 1 N–H and O–H groups in total. The van der Waals surface area contributed by atoms with Crippen molar-refractivity contribution in [2.24, 2.45) is 0 Å². The maximum Gasteiger partial charge on any atom is 0.375 e. The molecule has 3 aromatic rings. The van der Waals surface area contributed by atoms with Crippen molar-refractivity contribution in [2.75, 3.05) is 0 Å². The molecule has 3 rings (SSSR count). The number of rotatable bonds is 3. The lowest BCUT2D eigenvalue weighted by Gasteiger charge is -2.06. The van der Waals surface area contributed by atoms with Gasteiger partial charge in [0.2, 0.25) is 0 Å². The molecule has 0 aliphatic carbocycles. The Balaban J connectivity index is 2.21. The summed E-state index contributed by atoms with van der Waals surface area (Å²) in [5, 5.41) is 13.2. The van der Waals surface area contributed by atoms with Crippen LogP contribution in [0.3, 0.4) is 0 Å². The molecule has 0 aliphatic heterocycles. The van der Waals surface area contributed by atoms with Crippen LogP contribution in [-0.2, 0) is 0 Å². The number of carbonyl (C=O) groups is 1. The van der Waals surface area contributed by atoms with Crippen LogP contribution >= 0.6 is 0 Å². The van der Waals surface area contributed by atoms with Gasteiger partial charge >= 0.3 is 5.97 Å². The van der Waals surface area contributed by atoms with E-state index in [-0.39, 0.29) is 5.82 Å². The van der Waals surface area contributed by atoms with Crippen LogP contribution in [0.1, 0.15) is 16.2 Å². The van der Waals surface area contributed by atoms with E-state index in [1.807, 2.05) is 61.5 Å². The van der Waals surface area contributed by atoms with Gasteiger partial charge in [0.15, 0.2) is 5.82 Å². The average molecular weight is 279 g/mol. The number of carboxylic acid groups (broad SMARTS) is 1. The van der Waals surface area contributed by atoms with Gasteiger partial charge in [-0.3, -0.25) is 0 Å². The fourth-order valence-electron chi connectivity index (χ4n) is 2.12. The quantitative estimate of drug-likeness (QED) is 0.800. The summed E-state index contributed by atoms with van der Waals surface area (Å²) in [5.41, 5.74) is 2.68. The monoisotopic (exact) mass is 279 g/mol. The lowest BCUT2D eigenvalue weighted by Crippen LogP contribution is -2.02. The molecule has 0 radical (unpaired) electrons. The summed E-state index contributed by atoms with van der Waals surface area (Å²) < 4.78 is 1.55. The zero-order valence-corrected chi connectivity index (χ0v) is 11.4. The largest absolute Gasteiger partial charge is 0.475 e. The van der Waals surface area contributed by atoms with Gasteiger partial charge in [-0.05, 0) is 25.1 Å². The molecule has 5 heteroatoms. The van der Waals surface area contributed by atoms with E-state index in [2.05, 4.69) is 10.1 Å². The van der Waals surface area contributed by atoms with E-state index >= 15 is 0 Å². The number of benzene rings is 2. The third kappa shape index (κ3) is 2.53. The molecular weight excluding hydrogens is 266 g/mol. The second-order valence-corrected chi connectivity index (χ2v) is 4.68. The van der Waals surface area contributed by atoms with Crippen molar-refractivity contribution in [1.82, 2.24) is 14.8 Å². The summed E-state index contributed by atoms with van der Waals surface area (Å²) >= 11 is 0. The summed E-state index contributed by atoms with van der Waals surface area (Å²) in [7, 11) is 0. The molecule has 0 atom stereocenters. The van der Waals surface area contributed by atoms with Crippen LogP contribution in [-0.4, -0.2) is 25.8 Å². The second kappa shape index (κ2) is 5.20. The van der Waals surface area contributed by atoms with Gasteiger partial charge in [0.1, 0.15) is 0 Å². The Morgan fingerprint density at radius 2 is 1.86 bits per heavy atom. The van der Waals surface area contributed by atoms with Crippen LogP contribution in [0.2, 0.25) is 0 Å². The van der Waals surface area contributed by atoms with Crippen molar-refractivity contribution in [3.05, 3.63) is 66.0 Å². The molecule has 5 nitrogen and oxygen atoms in total. The summed E-state index contributed by atoms with van der Waals surface area (Å²) in [4.78, 5) is 15.3. The van der Waals surface area contributed by atoms with Gasteiger partial charge in [0.25, 0.3) is 5.82 Å². The number of carboxylic acids is 1.